The maximum atomic E-state index is 12.6. The highest BCUT2D eigenvalue weighted by molar-refractivity contribution is 5.45. The lowest BCUT2D eigenvalue weighted by Gasteiger charge is -2.06. The standard InChI is InChI=1S/C10H10F3N5/c1-5-4-6(5)14-7-2-3-8-15-16-9(10(11,12)13)18(8)17-7/h2-3,5-6H,4H2,1H3,(H,14,17). The van der Waals surface area contributed by atoms with E-state index in [2.05, 4.69) is 27.5 Å². The van der Waals surface area contributed by atoms with Gasteiger partial charge in [-0.25, -0.2) is 0 Å². The Bertz CT molecular complexity index is 591. The summed E-state index contributed by atoms with van der Waals surface area (Å²) in [6, 6.07) is 3.36. The van der Waals surface area contributed by atoms with Crippen molar-refractivity contribution in [2.24, 2.45) is 5.92 Å². The molecule has 2 aromatic heterocycles. The van der Waals surface area contributed by atoms with Crippen LogP contribution in [-0.4, -0.2) is 25.9 Å². The van der Waals surface area contributed by atoms with Gasteiger partial charge in [0, 0.05) is 6.04 Å². The Balaban J connectivity index is 1.99. The first-order valence-electron chi connectivity index (χ1n) is 5.51. The van der Waals surface area contributed by atoms with Crippen LogP contribution in [0.15, 0.2) is 12.1 Å². The van der Waals surface area contributed by atoms with Crippen molar-refractivity contribution in [2.75, 3.05) is 5.32 Å². The molecule has 0 aromatic carbocycles. The molecule has 1 saturated carbocycles. The van der Waals surface area contributed by atoms with Crippen LogP contribution in [0.25, 0.3) is 5.65 Å². The first kappa shape index (κ1) is 11.2. The Morgan fingerprint density at radius 1 is 1.33 bits per heavy atom. The summed E-state index contributed by atoms with van der Waals surface area (Å²) in [6.45, 7) is 2.07. The molecule has 0 saturated heterocycles. The minimum atomic E-state index is -4.56. The third-order valence-corrected chi connectivity index (χ3v) is 2.96. The van der Waals surface area contributed by atoms with E-state index < -0.39 is 12.0 Å². The molecular weight excluding hydrogens is 247 g/mol. The Labute approximate surface area is 100 Å². The number of hydrogen-bond donors (Lipinski definition) is 1. The van der Waals surface area contributed by atoms with Crippen molar-refractivity contribution in [2.45, 2.75) is 25.6 Å². The fourth-order valence-electron chi connectivity index (χ4n) is 1.76. The third kappa shape index (κ3) is 1.87. The van der Waals surface area contributed by atoms with Gasteiger partial charge in [-0.15, -0.1) is 15.3 Å². The number of nitrogens with one attached hydrogen (secondary N) is 1. The zero-order valence-electron chi connectivity index (χ0n) is 9.44. The van der Waals surface area contributed by atoms with Crippen LogP contribution >= 0.6 is 0 Å². The van der Waals surface area contributed by atoms with Gasteiger partial charge in [-0.3, -0.25) is 0 Å². The predicted octanol–water partition coefficient (Wildman–Crippen LogP) is 1.96. The van der Waals surface area contributed by atoms with E-state index in [1.165, 1.54) is 6.07 Å². The van der Waals surface area contributed by atoms with Gasteiger partial charge in [0.05, 0.1) is 0 Å². The second-order valence-corrected chi connectivity index (χ2v) is 4.47. The molecule has 1 N–H and O–H groups in total. The van der Waals surface area contributed by atoms with E-state index in [1.807, 2.05) is 0 Å². The first-order chi connectivity index (χ1) is 8.45. The molecule has 2 heterocycles. The quantitative estimate of drug-likeness (QED) is 0.893. The van der Waals surface area contributed by atoms with E-state index in [0.717, 1.165) is 10.9 Å². The summed E-state index contributed by atoms with van der Waals surface area (Å²) in [7, 11) is 0. The summed E-state index contributed by atoms with van der Waals surface area (Å²) >= 11 is 0. The van der Waals surface area contributed by atoms with Crippen molar-refractivity contribution < 1.29 is 13.2 Å². The molecule has 2 unspecified atom stereocenters. The predicted molar refractivity (Wildman–Crippen MR) is 57.0 cm³/mol. The van der Waals surface area contributed by atoms with Gasteiger partial charge in [0.25, 0.3) is 5.82 Å². The lowest BCUT2D eigenvalue weighted by Crippen LogP contribution is -2.14. The van der Waals surface area contributed by atoms with Gasteiger partial charge >= 0.3 is 6.18 Å². The van der Waals surface area contributed by atoms with Crippen molar-refractivity contribution in [3.8, 4) is 0 Å². The summed E-state index contributed by atoms with van der Waals surface area (Å²) in [4.78, 5) is 0. The molecule has 1 fully saturated rings. The molecule has 96 valence electrons. The van der Waals surface area contributed by atoms with E-state index >= 15 is 0 Å². The van der Waals surface area contributed by atoms with Crippen LogP contribution in [-0.2, 0) is 6.18 Å². The number of nitrogens with zero attached hydrogens (tertiary/aromatic N) is 4. The van der Waals surface area contributed by atoms with E-state index in [0.29, 0.717) is 17.8 Å². The van der Waals surface area contributed by atoms with Gasteiger partial charge < -0.3 is 5.32 Å². The Hall–Kier alpha value is -1.86. The highest BCUT2D eigenvalue weighted by atomic mass is 19.4. The number of fused-ring (bicyclic) bond motifs is 1. The first-order valence-corrected chi connectivity index (χ1v) is 5.51. The largest absolute Gasteiger partial charge is 0.453 e. The van der Waals surface area contributed by atoms with Crippen LogP contribution in [0.1, 0.15) is 19.2 Å². The molecular formula is C10H10F3N5. The highest BCUT2D eigenvalue weighted by Crippen LogP contribution is 2.32. The van der Waals surface area contributed by atoms with E-state index in [9.17, 15) is 13.2 Å². The average Bonchev–Trinajstić information content (AvgIpc) is 2.80. The summed E-state index contributed by atoms with van der Waals surface area (Å²) in [6.07, 6.45) is -3.55. The van der Waals surface area contributed by atoms with Gasteiger partial charge in [-0.2, -0.15) is 17.7 Å². The molecule has 2 aromatic rings. The second-order valence-electron chi connectivity index (χ2n) is 4.47. The monoisotopic (exact) mass is 257 g/mol. The molecule has 1 aliphatic rings. The number of anilines is 1. The fourth-order valence-corrected chi connectivity index (χ4v) is 1.76. The maximum Gasteiger partial charge on any atom is 0.453 e. The van der Waals surface area contributed by atoms with Crippen molar-refractivity contribution in [1.82, 2.24) is 19.8 Å². The van der Waals surface area contributed by atoms with Crippen LogP contribution in [0.3, 0.4) is 0 Å². The summed E-state index contributed by atoms with van der Waals surface area (Å²) < 4.78 is 38.6. The topological polar surface area (TPSA) is 55.1 Å². The van der Waals surface area contributed by atoms with Gasteiger partial charge in [-0.1, -0.05) is 6.92 Å². The lowest BCUT2D eigenvalue weighted by molar-refractivity contribution is -0.146. The molecule has 0 spiro atoms. The lowest BCUT2D eigenvalue weighted by atomic mass is 10.4. The van der Waals surface area contributed by atoms with Crippen molar-refractivity contribution in [1.29, 1.82) is 0 Å². The normalized spacial score (nSPS) is 23.3. The van der Waals surface area contributed by atoms with Crippen LogP contribution < -0.4 is 5.32 Å². The molecule has 0 radical (unpaired) electrons. The fraction of sp³-hybridized carbons (Fsp3) is 0.500. The number of halogens is 3. The average molecular weight is 257 g/mol. The van der Waals surface area contributed by atoms with E-state index in [4.69, 9.17) is 0 Å². The van der Waals surface area contributed by atoms with E-state index in [1.54, 1.807) is 6.07 Å². The van der Waals surface area contributed by atoms with Crippen LogP contribution in [0, 0.1) is 5.92 Å². The van der Waals surface area contributed by atoms with Crippen molar-refractivity contribution in [3.05, 3.63) is 18.0 Å². The molecule has 0 amide bonds. The molecule has 3 rings (SSSR count). The van der Waals surface area contributed by atoms with Crippen LogP contribution in [0.5, 0.6) is 0 Å². The Kier molecular flexibility index (Phi) is 2.23. The zero-order valence-corrected chi connectivity index (χ0v) is 9.44. The minimum Gasteiger partial charge on any atom is -0.366 e. The summed E-state index contributed by atoms with van der Waals surface area (Å²) in [5.74, 6) is -0.169. The number of rotatable bonds is 2. The number of aromatic nitrogens is 4. The van der Waals surface area contributed by atoms with Crippen molar-refractivity contribution in [3.63, 3.8) is 0 Å². The molecule has 5 nitrogen and oxygen atoms in total. The van der Waals surface area contributed by atoms with Crippen LogP contribution in [0.4, 0.5) is 19.0 Å². The van der Waals surface area contributed by atoms with Gasteiger partial charge in [-0.05, 0) is 24.5 Å². The van der Waals surface area contributed by atoms with Gasteiger partial charge in [0.1, 0.15) is 5.82 Å². The summed E-state index contributed by atoms with van der Waals surface area (Å²) in [5, 5.41) is 13.5. The second kappa shape index (κ2) is 3.56. The molecule has 8 heteroatoms. The highest BCUT2D eigenvalue weighted by Gasteiger charge is 2.38. The Morgan fingerprint density at radius 2 is 2.06 bits per heavy atom. The molecule has 0 aliphatic heterocycles. The Morgan fingerprint density at radius 3 is 2.67 bits per heavy atom. The number of alkyl halides is 3. The molecule has 1 aliphatic carbocycles. The summed E-state index contributed by atoms with van der Waals surface area (Å²) in [5.41, 5.74) is 0.0803. The number of hydrogen-bond acceptors (Lipinski definition) is 4. The van der Waals surface area contributed by atoms with E-state index in [-0.39, 0.29) is 5.65 Å². The van der Waals surface area contributed by atoms with Crippen molar-refractivity contribution >= 4 is 11.5 Å². The molecule has 0 bridgehead atoms. The van der Waals surface area contributed by atoms with Crippen LogP contribution in [0.2, 0.25) is 0 Å². The smallest absolute Gasteiger partial charge is 0.366 e. The SMILES string of the molecule is CC1CC1Nc1ccc2nnc(C(F)(F)F)n2n1. The maximum absolute atomic E-state index is 12.6. The zero-order chi connectivity index (χ0) is 12.9. The van der Waals surface area contributed by atoms with Gasteiger partial charge in [0.2, 0.25) is 0 Å². The third-order valence-electron chi connectivity index (χ3n) is 2.96. The molecule has 2 atom stereocenters. The molecule has 18 heavy (non-hydrogen) atoms. The minimum absolute atomic E-state index is 0.0803. The van der Waals surface area contributed by atoms with Gasteiger partial charge in [0.15, 0.2) is 5.65 Å².